The summed E-state index contributed by atoms with van der Waals surface area (Å²) in [5.74, 6) is -0.192. The highest BCUT2D eigenvalue weighted by Crippen LogP contribution is 2.21. The van der Waals surface area contributed by atoms with E-state index >= 15 is 0 Å². The number of hydrogen-bond donors (Lipinski definition) is 2. The first-order valence-electron chi connectivity index (χ1n) is 9.89. The first-order valence-corrected chi connectivity index (χ1v) is 11.4. The topological polar surface area (TPSA) is 84.5 Å². The molecule has 0 saturated carbocycles. The quantitative estimate of drug-likeness (QED) is 0.540. The first kappa shape index (κ1) is 22.9. The standard InChI is InChI=1S/C22H30N2O4S/c1-4-5-14-28-15-6-13-23-22(25)19-9-11-20(12-10-19)24-29(26,27)21-16-17(2)7-8-18(21)3/h7-12,16,24H,4-6,13-15H2,1-3H3,(H,23,25). The normalized spacial score (nSPS) is 11.3. The van der Waals surface area contributed by atoms with Crippen LogP contribution in [0.4, 0.5) is 5.69 Å². The number of unbranched alkanes of at least 4 members (excludes halogenated alkanes) is 1. The third-order valence-corrected chi connectivity index (χ3v) is 5.95. The van der Waals surface area contributed by atoms with Crippen molar-refractivity contribution < 1.29 is 17.9 Å². The number of benzene rings is 2. The Morgan fingerprint density at radius 2 is 1.69 bits per heavy atom. The van der Waals surface area contributed by atoms with Crippen LogP contribution in [-0.2, 0) is 14.8 Å². The fourth-order valence-electron chi connectivity index (χ4n) is 2.72. The highest BCUT2D eigenvalue weighted by atomic mass is 32.2. The molecule has 0 bridgehead atoms. The molecule has 0 saturated heterocycles. The van der Waals surface area contributed by atoms with Crippen LogP contribution in [0.3, 0.4) is 0 Å². The Morgan fingerprint density at radius 3 is 2.38 bits per heavy atom. The zero-order chi connectivity index (χ0) is 21.3. The minimum Gasteiger partial charge on any atom is -0.381 e. The lowest BCUT2D eigenvalue weighted by atomic mass is 10.2. The van der Waals surface area contributed by atoms with E-state index in [1.165, 1.54) is 0 Å². The maximum Gasteiger partial charge on any atom is 0.262 e. The first-order chi connectivity index (χ1) is 13.8. The number of nitrogens with one attached hydrogen (secondary N) is 2. The molecule has 0 unspecified atom stereocenters. The van der Waals surface area contributed by atoms with Crippen molar-refractivity contribution in [3.05, 3.63) is 59.2 Å². The van der Waals surface area contributed by atoms with Gasteiger partial charge in [-0.25, -0.2) is 8.42 Å². The summed E-state index contributed by atoms with van der Waals surface area (Å²) in [6.45, 7) is 7.64. The van der Waals surface area contributed by atoms with Crippen molar-refractivity contribution in [1.82, 2.24) is 5.32 Å². The fourth-order valence-corrected chi connectivity index (χ4v) is 4.11. The van der Waals surface area contributed by atoms with Gasteiger partial charge < -0.3 is 10.1 Å². The molecule has 2 N–H and O–H groups in total. The largest absolute Gasteiger partial charge is 0.381 e. The Kier molecular flexibility index (Phi) is 8.67. The van der Waals surface area contributed by atoms with Gasteiger partial charge in [0.1, 0.15) is 0 Å². The summed E-state index contributed by atoms with van der Waals surface area (Å²) in [5.41, 5.74) is 2.44. The SMILES string of the molecule is CCCCOCCCNC(=O)c1ccc(NS(=O)(=O)c2cc(C)ccc2C)cc1. The lowest BCUT2D eigenvalue weighted by molar-refractivity contribution is 0.0940. The van der Waals surface area contributed by atoms with Gasteiger partial charge in [0.2, 0.25) is 0 Å². The van der Waals surface area contributed by atoms with E-state index in [2.05, 4.69) is 17.0 Å². The molecule has 0 radical (unpaired) electrons. The van der Waals surface area contributed by atoms with E-state index in [0.717, 1.165) is 31.4 Å². The third-order valence-electron chi connectivity index (χ3n) is 4.43. The molecular weight excluding hydrogens is 388 g/mol. The Labute approximate surface area is 173 Å². The van der Waals surface area contributed by atoms with Gasteiger partial charge >= 0.3 is 0 Å². The van der Waals surface area contributed by atoms with Gasteiger partial charge in [0, 0.05) is 31.0 Å². The molecule has 6 nitrogen and oxygen atoms in total. The van der Waals surface area contributed by atoms with E-state index in [4.69, 9.17) is 4.74 Å². The van der Waals surface area contributed by atoms with Crippen LogP contribution in [0.15, 0.2) is 47.4 Å². The van der Waals surface area contributed by atoms with Crippen molar-refractivity contribution in [3.63, 3.8) is 0 Å². The number of carbonyl (C=O) groups excluding carboxylic acids is 1. The summed E-state index contributed by atoms with van der Waals surface area (Å²) < 4.78 is 33.3. The number of carbonyl (C=O) groups is 1. The van der Waals surface area contributed by atoms with Crippen molar-refractivity contribution in [3.8, 4) is 0 Å². The summed E-state index contributed by atoms with van der Waals surface area (Å²) in [4.78, 5) is 12.4. The molecule has 0 aromatic heterocycles. The molecule has 0 spiro atoms. The van der Waals surface area contributed by atoms with E-state index in [1.807, 2.05) is 13.0 Å². The molecule has 29 heavy (non-hydrogen) atoms. The van der Waals surface area contributed by atoms with E-state index in [9.17, 15) is 13.2 Å². The highest BCUT2D eigenvalue weighted by Gasteiger charge is 2.17. The van der Waals surface area contributed by atoms with Crippen molar-refractivity contribution in [2.75, 3.05) is 24.5 Å². The van der Waals surface area contributed by atoms with Crippen LogP contribution in [0, 0.1) is 13.8 Å². The summed E-state index contributed by atoms with van der Waals surface area (Å²) >= 11 is 0. The molecule has 0 aliphatic heterocycles. The highest BCUT2D eigenvalue weighted by molar-refractivity contribution is 7.92. The van der Waals surface area contributed by atoms with Crippen LogP contribution in [0.25, 0.3) is 0 Å². The summed E-state index contributed by atoms with van der Waals surface area (Å²) in [7, 11) is -3.69. The number of anilines is 1. The summed E-state index contributed by atoms with van der Waals surface area (Å²) in [5, 5.41) is 2.84. The predicted molar refractivity (Wildman–Crippen MR) is 116 cm³/mol. The van der Waals surface area contributed by atoms with Gasteiger partial charge in [-0.3, -0.25) is 9.52 Å². The molecule has 0 atom stereocenters. The number of hydrogen-bond acceptors (Lipinski definition) is 4. The van der Waals surface area contributed by atoms with Crippen LogP contribution < -0.4 is 10.0 Å². The second kappa shape index (κ2) is 11.0. The molecule has 2 aromatic rings. The Hall–Kier alpha value is -2.38. The lowest BCUT2D eigenvalue weighted by Gasteiger charge is -2.12. The van der Waals surface area contributed by atoms with Gasteiger partial charge in [-0.15, -0.1) is 0 Å². The minimum absolute atomic E-state index is 0.192. The number of aryl methyl sites for hydroxylation is 2. The van der Waals surface area contributed by atoms with Crippen molar-refractivity contribution in [2.24, 2.45) is 0 Å². The minimum atomic E-state index is -3.69. The van der Waals surface area contributed by atoms with Crippen molar-refractivity contribution in [1.29, 1.82) is 0 Å². The molecular formula is C22H30N2O4S. The molecule has 0 aliphatic carbocycles. The van der Waals surface area contributed by atoms with Gasteiger partial charge in [-0.2, -0.15) is 0 Å². The summed E-state index contributed by atoms with van der Waals surface area (Å²) in [6, 6.07) is 11.7. The Balaban J connectivity index is 1.89. The van der Waals surface area contributed by atoms with E-state index < -0.39 is 10.0 Å². The smallest absolute Gasteiger partial charge is 0.262 e. The number of sulfonamides is 1. The molecule has 7 heteroatoms. The third kappa shape index (κ3) is 7.18. The van der Waals surface area contributed by atoms with Crippen LogP contribution in [-0.4, -0.2) is 34.1 Å². The number of rotatable bonds is 11. The van der Waals surface area contributed by atoms with E-state index in [1.54, 1.807) is 43.3 Å². The van der Waals surface area contributed by atoms with Crippen LogP contribution in [0.1, 0.15) is 47.7 Å². The zero-order valence-corrected chi connectivity index (χ0v) is 18.1. The van der Waals surface area contributed by atoms with Gasteiger partial charge in [0.05, 0.1) is 4.90 Å². The predicted octanol–water partition coefficient (Wildman–Crippen LogP) is 4.04. The number of ether oxygens (including phenoxy) is 1. The number of amides is 1. The molecule has 2 rings (SSSR count). The second-order valence-electron chi connectivity index (χ2n) is 7.03. The second-order valence-corrected chi connectivity index (χ2v) is 8.68. The fraction of sp³-hybridized carbons (Fsp3) is 0.409. The molecule has 0 heterocycles. The summed E-state index contributed by atoms with van der Waals surface area (Å²) in [6.07, 6.45) is 2.91. The van der Waals surface area contributed by atoms with Gasteiger partial charge in [-0.05, 0) is 68.1 Å². The molecule has 1 amide bonds. The van der Waals surface area contributed by atoms with Crippen LogP contribution >= 0.6 is 0 Å². The van der Waals surface area contributed by atoms with Crippen molar-refractivity contribution in [2.45, 2.75) is 44.9 Å². The van der Waals surface area contributed by atoms with Crippen LogP contribution in [0.2, 0.25) is 0 Å². The molecule has 0 fully saturated rings. The van der Waals surface area contributed by atoms with Gasteiger partial charge in [0.15, 0.2) is 0 Å². The molecule has 2 aromatic carbocycles. The monoisotopic (exact) mass is 418 g/mol. The Morgan fingerprint density at radius 1 is 1.00 bits per heavy atom. The van der Waals surface area contributed by atoms with E-state index in [-0.39, 0.29) is 10.8 Å². The lowest BCUT2D eigenvalue weighted by Crippen LogP contribution is -2.25. The zero-order valence-electron chi connectivity index (χ0n) is 17.3. The van der Waals surface area contributed by atoms with E-state index in [0.29, 0.717) is 30.0 Å². The van der Waals surface area contributed by atoms with Gasteiger partial charge in [-0.1, -0.05) is 25.5 Å². The van der Waals surface area contributed by atoms with Crippen molar-refractivity contribution >= 4 is 21.6 Å². The van der Waals surface area contributed by atoms with Gasteiger partial charge in [0.25, 0.3) is 15.9 Å². The maximum atomic E-state index is 12.7. The average molecular weight is 419 g/mol. The molecule has 0 aliphatic rings. The Bertz CT molecular complexity index is 909. The average Bonchev–Trinajstić information content (AvgIpc) is 2.69. The van der Waals surface area contributed by atoms with Crippen LogP contribution in [0.5, 0.6) is 0 Å². The maximum absolute atomic E-state index is 12.7. The molecule has 158 valence electrons.